The van der Waals surface area contributed by atoms with Gasteiger partial charge in [-0.3, -0.25) is 4.79 Å². The summed E-state index contributed by atoms with van der Waals surface area (Å²) in [7, 11) is 1.73. The normalized spacial score (nSPS) is 10.3. The summed E-state index contributed by atoms with van der Waals surface area (Å²) in [5.74, 6) is 0.304. The quantitative estimate of drug-likeness (QED) is 0.909. The fourth-order valence-corrected chi connectivity index (χ4v) is 2.39. The Labute approximate surface area is 120 Å². The van der Waals surface area contributed by atoms with Gasteiger partial charge in [0.1, 0.15) is 11.5 Å². The van der Waals surface area contributed by atoms with Gasteiger partial charge in [-0.25, -0.2) is 9.97 Å². The lowest BCUT2D eigenvalue weighted by Gasteiger charge is -2.07. The van der Waals surface area contributed by atoms with Crippen molar-refractivity contribution in [1.29, 1.82) is 0 Å². The zero-order valence-corrected chi connectivity index (χ0v) is 12.1. The standard InChI is InChI=1S/C12H13ClN4OS/c1-7-9(19-6-16-7)5-15-12(18)11-8(13)3-4-10(14-2)17-11/h3-4,6H,5H2,1-2H3,(H,14,17)(H,15,18). The molecular weight excluding hydrogens is 284 g/mol. The van der Waals surface area contributed by atoms with Crippen molar-refractivity contribution in [3.63, 3.8) is 0 Å². The fourth-order valence-electron chi connectivity index (χ4n) is 1.48. The molecule has 0 aliphatic heterocycles. The molecule has 2 heterocycles. The SMILES string of the molecule is CNc1ccc(Cl)c(C(=O)NCc2scnc2C)n1. The van der Waals surface area contributed by atoms with Gasteiger partial charge in [-0.1, -0.05) is 11.6 Å². The van der Waals surface area contributed by atoms with Gasteiger partial charge < -0.3 is 10.6 Å². The summed E-state index contributed by atoms with van der Waals surface area (Å²) in [6, 6.07) is 3.36. The summed E-state index contributed by atoms with van der Waals surface area (Å²) >= 11 is 7.49. The van der Waals surface area contributed by atoms with E-state index in [-0.39, 0.29) is 11.6 Å². The number of hydrogen-bond donors (Lipinski definition) is 2. The third-order valence-electron chi connectivity index (χ3n) is 2.57. The number of nitrogens with zero attached hydrogens (tertiary/aromatic N) is 2. The van der Waals surface area contributed by atoms with Crippen LogP contribution >= 0.6 is 22.9 Å². The second-order valence-electron chi connectivity index (χ2n) is 3.82. The maximum Gasteiger partial charge on any atom is 0.271 e. The highest BCUT2D eigenvalue weighted by Gasteiger charge is 2.13. The molecule has 2 N–H and O–H groups in total. The van der Waals surface area contributed by atoms with Gasteiger partial charge in [-0.05, 0) is 19.1 Å². The molecule has 2 rings (SSSR count). The molecule has 5 nitrogen and oxygen atoms in total. The van der Waals surface area contributed by atoms with E-state index in [1.54, 1.807) is 24.7 Å². The number of anilines is 1. The predicted molar refractivity (Wildman–Crippen MR) is 76.8 cm³/mol. The summed E-state index contributed by atoms with van der Waals surface area (Å²) in [5.41, 5.74) is 2.90. The largest absolute Gasteiger partial charge is 0.373 e. The van der Waals surface area contributed by atoms with E-state index in [2.05, 4.69) is 20.6 Å². The number of carbonyl (C=O) groups is 1. The van der Waals surface area contributed by atoms with Gasteiger partial charge in [0, 0.05) is 11.9 Å². The van der Waals surface area contributed by atoms with Crippen molar-refractivity contribution in [1.82, 2.24) is 15.3 Å². The molecule has 0 spiro atoms. The van der Waals surface area contributed by atoms with Crippen LogP contribution in [0.25, 0.3) is 0 Å². The number of halogens is 1. The Morgan fingerprint density at radius 3 is 2.89 bits per heavy atom. The number of nitrogens with one attached hydrogen (secondary N) is 2. The molecule has 1 amide bonds. The first kappa shape index (κ1) is 13.8. The first-order valence-electron chi connectivity index (χ1n) is 5.63. The number of thiazole rings is 1. The van der Waals surface area contributed by atoms with Crippen molar-refractivity contribution in [2.24, 2.45) is 0 Å². The van der Waals surface area contributed by atoms with Crippen molar-refractivity contribution in [2.75, 3.05) is 12.4 Å². The van der Waals surface area contributed by atoms with E-state index in [1.165, 1.54) is 11.3 Å². The Morgan fingerprint density at radius 2 is 2.26 bits per heavy atom. The minimum Gasteiger partial charge on any atom is -0.373 e. The maximum atomic E-state index is 12.0. The zero-order valence-electron chi connectivity index (χ0n) is 10.5. The smallest absolute Gasteiger partial charge is 0.271 e. The molecule has 2 aromatic heterocycles. The van der Waals surface area contributed by atoms with E-state index in [1.807, 2.05) is 6.92 Å². The van der Waals surface area contributed by atoms with E-state index in [4.69, 9.17) is 11.6 Å². The number of pyridine rings is 1. The van der Waals surface area contributed by atoms with Crippen LogP contribution in [0.5, 0.6) is 0 Å². The minimum atomic E-state index is -0.296. The summed E-state index contributed by atoms with van der Waals surface area (Å²) < 4.78 is 0. The third kappa shape index (κ3) is 3.21. The molecule has 19 heavy (non-hydrogen) atoms. The van der Waals surface area contributed by atoms with Gasteiger partial charge in [0.2, 0.25) is 0 Å². The first-order valence-corrected chi connectivity index (χ1v) is 6.89. The summed E-state index contributed by atoms with van der Waals surface area (Å²) in [5, 5.41) is 5.99. The van der Waals surface area contributed by atoms with E-state index in [9.17, 15) is 4.79 Å². The Morgan fingerprint density at radius 1 is 1.47 bits per heavy atom. The average Bonchev–Trinajstić information content (AvgIpc) is 2.82. The molecule has 0 bridgehead atoms. The summed E-state index contributed by atoms with van der Waals surface area (Å²) in [4.78, 5) is 21.3. The van der Waals surface area contributed by atoms with Crippen LogP contribution < -0.4 is 10.6 Å². The van der Waals surface area contributed by atoms with Crippen LogP contribution in [0.4, 0.5) is 5.82 Å². The third-order valence-corrected chi connectivity index (χ3v) is 3.81. The molecule has 0 fully saturated rings. The van der Waals surface area contributed by atoms with E-state index < -0.39 is 0 Å². The Kier molecular flexibility index (Phi) is 4.34. The highest BCUT2D eigenvalue weighted by atomic mass is 35.5. The highest BCUT2D eigenvalue weighted by molar-refractivity contribution is 7.09. The average molecular weight is 297 g/mol. The molecule has 0 aliphatic rings. The Bertz CT molecular complexity index is 599. The molecule has 0 atom stereocenters. The maximum absolute atomic E-state index is 12.0. The Hall–Kier alpha value is -1.66. The monoisotopic (exact) mass is 296 g/mol. The number of aryl methyl sites for hydroxylation is 1. The van der Waals surface area contributed by atoms with Crippen molar-refractivity contribution >= 4 is 34.7 Å². The molecule has 0 unspecified atom stereocenters. The first-order chi connectivity index (χ1) is 9.11. The van der Waals surface area contributed by atoms with Crippen LogP contribution in [-0.2, 0) is 6.54 Å². The molecule has 0 radical (unpaired) electrons. The van der Waals surface area contributed by atoms with Crippen molar-refractivity contribution in [2.45, 2.75) is 13.5 Å². The van der Waals surface area contributed by atoms with E-state index in [0.717, 1.165) is 10.6 Å². The molecule has 0 saturated carbocycles. The van der Waals surface area contributed by atoms with Crippen molar-refractivity contribution in [3.8, 4) is 0 Å². The van der Waals surface area contributed by atoms with Crippen LogP contribution in [0.15, 0.2) is 17.6 Å². The molecule has 7 heteroatoms. The number of amides is 1. The van der Waals surface area contributed by atoms with Crippen LogP contribution in [0.2, 0.25) is 5.02 Å². The van der Waals surface area contributed by atoms with Gasteiger partial charge in [0.05, 0.1) is 22.8 Å². The molecule has 0 aliphatic carbocycles. The van der Waals surface area contributed by atoms with Gasteiger partial charge in [-0.2, -0.15) is 0 Å². The van der Waals surface area contributed by atoms with E-state index >= 15 is 0 Å². The lowest BCUT2D eigenvalue weighted by molar-refractivity contribution is 0.0946. The number of aromatic nitrogens is 2. The van der Waals surface area contributed by atoms with Crippen LogP contribution in [0.3, 0.4) is 0 Å². The van der Waals surface area contributed by atoms with Gasteiger partial charge in [0.15, 0.2) is 0 Å². The highest BCUT2D eigenvalue weighted by Crippen LogP contribution is 2.17. The minimum absolute atomic E-state index is 0.218. The lowest BCUT2D eigenvalue weighted by Crippen LogP contribution is -2.24. The van der Waals surface area contributed by atoms with Gasteiger partial charge in [-0.15, -0.1) is 11.3 Å². The second-order valence-corrected chi connectivity index (χ2v) is 5.17. The number of hydrogen-bond acceptors (Lipinski definition) is 5. The fraction of sp³-hybridized carbons (Fsp3) is 0.250. The second kappa shape index (κ2) is 5.99. The Balaban J connectivity index is 2.10. The zero-order chi connectivity index (χ0) is 13.8. The molecule has 2 aromatic rings. The predicted octanol–water partition coefficient (Wildman–Crippen LogP) is 2.47. The van der Waals surface area contributed by atoms with Crippen LogP contribution in [-0.4, -0.2) is 22.9 Å². The van der Waals surface area contributed by atoms with Crippen LogP contribution in [0.1, 0.15) is 21.1 Å². The van der Waals surface area contributed by atoms with E-state index in [0.29, 0.717) is 17.4 Å². The summed E-state index contributed by atoms with van der Waals surface area (Å²) in [6.07, 6.45) is 0. The summed E-state index contributed by atoms with van der Waals surface area (Å²) in [6.45, 7) is 2.34. The topological polar surface area (TPSA) is 66.9 Å². The molecule has 0 saturated heterocycles. The molecule has 0 aromatic carbocycles. The van der Waals surface area contributed by atoms with Crippen molar-refractivity contribution < 1.29 is 4.79 Å². The number of rotatable bonds is 4. The van der Waals surface area contributed by atoms with Gasteiger partial charge >= 0.3 is 0 Å². The van der Waals surface area contributed by atoms with Crippen LogP contribution in [0, 0.1) is 6.92 Å². The van der Waals surface area contributed by atoms with Crippen molar-refractivity contribution in [3.05, 3.63) is 38.9 Å². The molecular formula is C12H13ClN4OS. The number of carbonyl (C=O) groups excluding carboxylic acids is 1. The lowest BCUT2D eigenvalue weighted by atomic mass is 10.3. The van der Waals surface area contributed by atoms with Gasteiger partial charge in [0.25, 0.3) is 5.91 Å². The molecule has 100 valence electrons.